The predicted molar refractivity (Wildman–Crippen MR) is 56.2 cm³/mol. The van der Waals surface area contributed by atoms with Gasteiger partial charge in [-0.25, -0.2) is 4.98 Å². The van der Waals surface area contributed by atoms with Crippen LogP contribution in [0.25, 0.3) is 0 Å². The Morgan fingerprint density at radius 2 is 2.24 bits per heavy atom. The van der Waals surface area contributed by atoms with Crippen LogP contribution >= 0.6 is 0 Å². The van der Waals surface area contributed by atoms with Crippen LogP contribution in [0, 0.1) is 0 Å². The SMILES string of the molecule is O=c1ccnc(NC2O[C@H](CO)[C@@H](O)[C@H]2O)[nH]1. The Hall–Kier alpha value is -1.48. The van der Waals surface area contributed by atoms with Gasteiger partial charge < -0.3 is 25.4 Å². The van der Waals surface area contributed by atoms with Crippen LogP contribution in [0.2, 0.25) is 0 Å². The summed E-state index contributed by atoms with van der Waals surface area (Å²) in [5.41, 5.74) is -0.353. The van der Waals surface area contributed by atoms with Gasteiger partial charge in [0.25, 0.3) is 5.56 Å². The highest BCUT2D eigenvalue weighted by molar-refractivity contribution is 5.24. The molecule has 1 fully saturated rings. The summed E-state index contributed by atoms with van der Waals surface area (Å²) in [4.78, 5) is 17.2. The lowest BCUT2D eigenvalue weighted by Gasteiger charge is -2.16. The minimum absolute atomic E-state index is 0.118. The van der Waals surface area contributed by atoms with Crippen LogP contribution in [0.15, 0.2) is 17.1 Å². The molecule has 8 heteroatoms. The van der Waals surface area contributed by atoms with Gasteiger partial charge in [0.15, 0.2) is 6.23 Å². The standard InChI is InChI=1S/C9H13N3O5/c13-3-4-6(15)7(16)8(17-4)12-9-10-2-1-5(14)11-9/h1-2,4,6-8,13,15-16H,3H2,(H2,10,11,12,14)/t4-,6-,7-,8?/m1/s1. The molecule has 1 saturated heterocycles. The van der Waals surface area contributed by atoms with E-state index in [0.717, 1.165) is 0 Å². The summed E-state index contributed by atoms with van der Waals surface area (Å²) in [5.74, 6) is 0.118. The Morgan fingerprint density at radius 1 is 1.47 bits per heavy atom. The lowest BCUT2D eigenvalue weighted by atomic mass is 10.1. The molecule has 94 valence electrons. The fourth-order valence-electron chi connectivity index (χ4n) is 1.60. The fraction of sp³-hybridized carbons (Fsp3) is 0.556. The molecule has 1 aliphatic rings. The highest BCUT2D eigenvalue weighted by Crippen LogP contribution is 2.21. The second kappa shape index (κ2) is 4.80. The molecular weight excluding hydrogens is 230 g/mol. The second-order valence-electron chi connectivity index (χ2n) is 3.69. The average Bonchev–Trinajstić information content (AvgIpc) is 2.57. The number of anilines is 1. The number of nitrogens with one attached hydrogen (secondary N) is 2. The van der Waals surface area contributed by atoms with Gasteiger partial charge in [-0.1, -0.05) is 0 Å². The quantitative estimate of drug-likeness (QED) is 0.401. The largest absolute Gasteiger partial charge is 0.394 e. The number of aromatic nitrogens is 2. The molecule has 5 N–H and O–H groups in total. The first-order chi connectivity index (χ1) is 8.11. The van der Waals surface area contributed by atoms with Gasteiger partial charge >= 0.3 is 0 Å². The molecule has 0 bridgehead atoms. The van der Waals surface area contributed by atoms with E-state index in [1.54, 1.807) is 0 Å². The van der Waals surface area contributed by atoms with Gasteiger partial charge in [0.2, 0.25) is 5.95 Å². The first kappa shape index (κ1) is 12.0. The smallest absolute Gasteiger partial charge is 0.252 e. The number of aliphatic hydroxyl groups excluding tert-OH is 3. The van der Waals surface area contributed by atoms with Gasteiger partial charge in [-0.2, -0.15) is 0 Å². The maximum atomic E-state index is 11.0. The van der Waals surface area contributed by atoms with Gasteiger partial charge in [0.1, 0.15) is 18.3 Å². The zero-order chi connectivity index (χ0) is 12.4. The lowest BCUT2D eigenvalue weighted by Crippen LogP contribution is -2.37. The molecule has 1 aromatic rings. The van der Waals surface area contributed by atoms with E-state index in [2.05, 4.69) is 15.3 Å². The molecular formula is C9H13N3O5. The third kappa shape index (κ3) is 2.44. The van der Waals surface area contributed by atoms with Crippen molar-refractivity contribution in [2.75, 3.05) is 11.9 Å². The molecule has 0 spiro atoms. The molecule has 17 heavy (non-hydrogen) atoms. The number of aliphatic hydroxyl groups is 3. The number of hydrogen-bond acceptors (Lipinski definition) is 7. The van der Waals surface area contributed by atoms with Crippen molar-refractivity contribution in [1.29, 1.82) is 0 Å². The topological polar surface area (TPSA) is 128 Å². The predicted octanol–water partition coefficient (Wildman–Crippen LogP) is -2.38. The molecule has 1 aliphatic heterocycles. The summed E-state index contributed by atoms with van der Waals surface area (Å²) in [5, 5.41) is 30.6. The Morgan fingerprint density at radius 3 is 2.82 bits per heavy atom. The Kier molecular flexibility index (Phi) is 3.38. The first-order valence-electron chi connectivity index (χ1n) is 5.06. The molecule has 0 amide bonds. The van der Waals surface area contributed by atoms with Crippen molar-refractivity contribution < 1.29 is 20.1 Å². The van der Waals surface area contributed by atoms with E-state index >= 15 is 0 Å². The summed E-state index contributed by atoms with van der Waals surface area (Å²) in [7, 11) is 0. The number of H-pyrrole nitrogens is 1. The van der Waals surface area contributed by atoms with Crippen LogP contribution in [0.5, 0.6) is 0 Å². The highest BCUT2D eigenvalue weighted by Gasteiger charge is 2.42. The zero-order valence-corrected chi connectivity index (χ0v) is 8.78. The number of aromatic amines is 1. The van der Waals surface area contributed by atoms with Crippen molar-refractivity contribution in [2.45, 2.75) is 24.5 Å². The van der Waals surface area contributed by atoms with Crippen LogP contribution in [-0.2, 0) is 4.74 Å². The first-order valence-corrected chi connectivity index (χ1v) is 5.06. The van der Waals surface area contributed by atoms with Crippen molar-refractivity contribution in [1.82, 2.24) is 9.97 Å². The van der Waals surface area contributed by atoms with E-state index in [1.165, 1.54) is 12.3 Å². The molecule has 8 nitrogen and oxygen atoms in total. The van der Waals surface area contributed by atoms with E-state index in [0.29, 0.717) is 0 Å². The van der Waals surface area contributed by atoms with Gasteiger partial charge in [-0.05, 0) is 0 Å². The van der Waals surface area contributed by atoms with Crippen molar-refractivity contribution in [2.24, 2.45) is 0 Å². The van der Waals surface area contributed by atoms with E-state index in [1.807, 2.05) is 0 Å². The second-order valence-corrected chi connectivity index (χ2v) is 3.69. The fourth-order valence-corrected chi connectivity index (χ4v) is 1.60. The van der Waals surface area contributed by atoms with Gasteiger partial charge in [0, 0.05) is 12.3 Å². The number of nitrogens with zero attached hydrogens (tertiary/aromatic N) is 1. The zero-order valence-electron chi connectivity index (χ0n) is 8.78. The maximum Gasteiger partial charge on any atom is 0.252 e. The van der Waals surface area contributed by atoms with Crippen LogP contribution in [-0.4, -0.2) is 56.4 Å². The van der Waals surface area contributed by atoms with Crippen molar-refractivity contribution in [3.05, 3.63) is 22.6 Å². The summed E-state index contributed by atoms with van der Waals surface area (Å²) >= 11 is 0. The number of rotatable bonds is 3. The number of ether oxygens (including phenoxy) is 1. The molecule has 1 unspecified atom stereocenters. The summed E-state index contributed by atoms with van der Waals surface area (Å²) in [6.45, 7) is -0.408. The van der Waals surface area contributed by atoms with Crippen molar-refractivity contribution in [3.8, 4) is 0 Å². The summed E-state index contributed by atoms with van der Waals surface area (Å²) in [6, 6.07) is 1.24. The highest BCUT2D eigenvalue weighted by atomic mass is 16.6. The van der Waals surface area contributed by atoms with Gasteiger partial charge in [-0.15, -0.1) is 0 Å². The molecule has 2 rings (SSSR count). The molecule has 4 atom stereocenters. The molecule has 1 aromatic heterocycles. The third-order valence-corrected chi connectivity index (χ3v) is 2.49. The minimum atomic E-state index is -1.21. The summed E-state index contributed by atoms with van der Waals surface area (Å²) in [6.07, 6.45) is -2.90. The van der Waals surface area contributed by atoms with Gasteiger partial charge in [-0.3, -0.25) is 9.78 Å². The maximum absolute atomic E-state index is 11.0. The van der Waals surface area contributed by atoms with E-state index in [4.69, 9.17) is 9.84 Å². The van der Waals surface area contributed by atoms with Crippen LogP contribution in [0.4, 0.5) is 5.95 Å². The summed E-state index contributed by atoms with van der Waals surface area (Å²) < 4.78 is 5.16. The van der Waals surface area contributed by atoms with Crippen LogP contribution in [0.3, 0.4) is 0 Å². The molecule has 0 aliphatic carbocycles. The van der Waals surface area contributed by atoms with E-state index < -0.39 is 31.1 Å². The normalized spacial score (nSPS) is 32.6. The van der Waals surface area contributed by atoms with Crippen molar-refractivity contribution >= 4 is 5.95 Å². The third-order valence-electron chi connectivity index (χ3n) is 2.49. The van der Waals surface area contributed by atoms with Crippen LogP contribution in [0.1, 0.15) is 0 Å². The molecule has 0 aromatic carbocycles. The lowest BCUT2D eigenvalue weighted by molar-refractivity contribution is -0.0154. The molecule has 0 saturated carbocycles. The monoisotopic (exact) mass is 243 g/mol. The Labute approximate surface area is 95.9 Å². The molecule has 2 heterocycles. The van der Waals surface area contributed by atoms with Crippen molar-refractivity contribution in [3.63, 3.8) is 0 Å². The number of hydrogen-bond donors (Lipinski definition) is 5. The van der Waals surface area contributed by atoms with Crippen LogP contribution < -0.4 is 10.9 Å². The molecule has 0 radical (unpaired) electrons. The van der Waals surface area contributed by atoms with E-state index in [9.17, 15) is 15.0 Å². The average molecular weight is 243 g/mol. The van der Waals surface area contributed by atoms with Gasteiger partial charge in [0.05, 0.1) is 6.61 Å². The Bertz CT molecular complexity index is 437. The Balaban J connectivity index is 2.07. The minimum Gasteiger partial charge on any atom is -0.394 e. The van der Waals surface area contributed by atoms with E-state index in [-0.39, 0.29) is 11.5 Å².